The summed E-state index contributed by atoms with van der Waals surface area (Å²) in [5.41, 5.74) is 2.68. The number of thioether (sulfide) groups is 1. The van der Waals surface area contributed by atoms with Crippen molar-refractivity contribution in [2.45, 2.75) is 31.0 Å². The van der Waals surface area contributed by atoms with Crippen LogP contribution < -0.4 is 5.32 Å². The Morgan fingerprint density at radius 1 is 1.10 bits per heavy atom. The Bertz CT molecular complexity index is 554. The highest BCUT2D eigenvalue weighted by Gasteiger charge is 2.03. The first-order valence-corrected chi connectivity index (χ1v) is 9.09. The second kappa shape index (κ2) is 8.62. The zero-order valence-electron chi connectivity index (χ0n) is 12.6. The van der Waals surface area contributed by atoms with Crippen molar-refractivity contribution in [2.75, 3.05) is 6.54 Å². The van der Waals surface area contributed by atoms with Crippen LogP contribution in [-0.4, -0.2) is 6.54 Å². The second-order valence-electron chi connectivity index (χ2n) is 5.55. The zero-order valence-corrected chi connectivity index (χ0v) is 15.0. The van der Waals surface area contributed by atoms with Crippen LogP contribution in [0.2, 0.25) is 0 Å². The second-order valence-corrected chi connectivity index (χ2v) is 7.46. The standard InChI is InChI=1S/C18H22BrNS/c1-14(2)11-20-12-16-8-9-17(10-18(16)19)21-13-15-6-4-3-5-7-15/h3-10,14,20H,11-13H2,1-2H3. The fraction of sp³-hybridized carbons (Fsp3) is 0.333. The van der Waals surface area contributed by atoms with Gasteiger partial charge in [0.2, 0.25) is 0 Å². The Labute approximate surface area is 140 Å². The smallest absolute Gasteiger partial charge is 0.0231 e. The van der Waals surface area contributed by atoms with E-state index in [0.717, 1.165) is 18.8 Å². The van der Waals surface area contributed by atoms with Crippen molar-refractivity contribution in [3.05, 3.63) is 64.1 Å². The normalized spacial score (nSPS) is 11.0. The van der Waals surface area contributed by atoms with E-state index in [4.69, 9.17) is 0 Å². The minimum absolute atomic E-state index is 0.685. The lowest BCUT2D eigenvalue weighted by molar-refractivity contribution is 0.551. The lowest BCUT2D eigenvalue weighted by atomic mass is 10.2. The largest absolute Gasteiger partial charge is 0.312 e. The van der Waals surface area contributed by atoms with E-state index < -0.39 is 0 Å². The Balaban J connectivity index is 1.89. The summed E-state index contributed by atoms with van der Waals surface area (Å²) in [6, 6.07) is 17.2. The molecule has 2 aromatic rings. The third kappa shape index (κ3) is 5.85. The predicted octanol–water partition coefficient (Wildman–Crippen LogP) is 5.49. The fourth-order valence-corrected chi connectivity index (χ4v) is 3.56. The minimum atomic E-state index is 0.685. The summed E-state index contributed by atoms with van der Waals surface area (Å²) in [5.74, 6) is 1.70. The molecule has 0 aromatic heterocycles. The lowest BCUT2D eigenvalue weighted by Gasteiger charge is -2.10. The third-order valence-electron chi connectivity index (χ3n) is 3.14. The first-order valence-electron chi connectivity index (χ1n) is 7.31. The Kier molecular flexibility index (Phi) is 6.81. The van der Waals surface area contributed by atoms with Crippen LogP contribution in [0, 0.1) is 5.92 Å². The summed E-state index contributed by atoms with van der Waals surface area (Å²) in [6.45, 7) is 6.43. The van der Waals surface area contributed by atoms with Gasteiger partial charge in [0.05, 0.1) is 0 Å². The maximum atomic E-state index is 3.69. The fourth-order valence-electron chi connectivity index (χ4n) is 2.00. The molecule has 0 aliphatic carbocycles. The molecule has 2 aromatic carbocycles. The van der Waals surface area contributed by atoms with Crippen LogP contribution in [-0.2, 0) is 12.3 Å². The highest BCUT2D eigenvalue weighted by molar-refractivity contribution is 9.10. The van der Waals surface area contributed by atoms with E-state index in [-0.39, 0.29) is 0 Å². The molecule has 0 unspecified atom stereocenters. The average molecular weight is 364 g/mol. The molecule has 0 heterocycles. The van der Waals surface area contributed by atoms with Gasteiger partial charge in [-0.2, -0.15) is 0 Å². The van der Waals surface area contributed by atoms with Crippen molar-refractivity contribution in [3.8, 4) is 0 Å². The quantitative estimate of drug-likeness (QED) is 0.652. The zero-order chi connectivity index (χ0) is 15.1. The molecule has 0 saturated heterocycles. The summed E-state index contributed by atoms with van der Waals surface area (Å²) >= 11 is 5.56. The van der Waals surface area contributed by atoms with Gasteiger partial charge < -0.3 is 5.32 Å². The molecule has 0 spiro atoms. The van der Waals surface area contributed by atoms with E-state index >= 15 is 0 Å². The highest BCUT2D eigenvalue weighted by Crippen LogP contribution is 2.27. The number of hydrogen-bond donors (Lipinski definition) is 1. The molecule has 0 amide bonds. The summed E-state index contributed by atoms with van der Waals surface area (Å²) in [6.07, 6.45) is 0. The number of halogens is 1. The Morgan fingerprint density at radius 3 is 2.52 bits per heavy atom. The van der Waals surface area contributed by atoms with Gasteiger partial charge in [-0.1, -0.05) is 66.2 Å². The van der Waals surface area contributed by atoms with E-state index in [1.165, 1.54) is 20.5 Å². The first kappa shape index (κ1) is 16.6. The number of hydrogen-bond acceptors (Lipinski definition) is 2. The van der Waals surface area contributed by atoms with Crippen molar-refractivity contribution >= 4 is 27.7 Å². The molecule has 3 heteroatoms. The molecular weight excluding hydrogens is 342 g/mol. The molecule has 2 rings (SSSR count). The summed E-state index contributed by atoms with van der Waals surface area (Å²) < 4.78 is 1.19. The van der Waals surface area contributed by atoms with Crippen LogP contribution in [0.4, 0.5) is 0 Å². The molecule has 0 radical (unpaired) electrons. The average Bonchev–Trinajstić information content (AvgIpc) is 2.48. The van der Waals surface area contributed by atoms with Gasteiger partial charge in [0, 0.05) is 21.7 Å². The summed E-state index contributed by atoms with van der Waals surface area (Å²) in [5, 5.41) is 3.48. The predicted molar refractivity (Wildman–Crippen MR) is 96.7 cm³/mol. The van der Waals surface area contributed by atoms with E-state index in [9.17, 15) is 0 Å². The van der Waals surface area contributed by atoms with Gasteiger partial charge in [0.1, 0.15) is 0 Å². The molecule has 0 bridgehead atoms. The van der Waals surface area contributed by atoms with Gasteiger partial charge in [0.15, 0.2) is 0 Å². The van der Waals surface area contributed by atoms with Gasteiger partial charge in [-0.3, -0.25) is 0 Å². The molecule has 21 heavy (non-hydrogen) atoms. The SMILES string of the molecule is CC(C)CNCc1ccc(SCc2ccccc2)cc1Br. The number of benzene rings is 2. The number of rotatable bonds is 7. The van der Waals surface area contributed by atoms with E-state index in [0.29, 0.717) is 5.92 Å². The van der Waals surface area contributed by atoms with Gasteiger partial charge in [-0.05, 0) is 35.7 Å². The lowest BCUT2D eigenvalue weighted by Crippen LogP contribution is -2.19. The van der Waals surface area contributed by atoms with Crippen LogP contribution in [0.1, 0.15) is 25.0 Å². The van der Waals surface area contributed by atoms with Gasteiger partial charge >= 0.3 is 0 Å². The van der Waals surface area contributed by atoms with Crippen LogP contribution in [0.3, 0.4) is 0 Å². The molecule has 0 saturated carbocycles. The molecular formula is C18H22BrNS. The van der Waals surface area contributed by atoms with E-state index in [1.54, 1.807) is 0 Å². The van der Waals surface area contributed by atoms with Crippen molar-refractivity contribution in [1.82, 2.24) is 5.32 Å². The van der Waals surface area contributed by atoms with Gasteiger partial charge in [-0.25, -0.2) is 0 Å². The van der Waals surface area contributed by atoms with E-state index in [2.05, 4.69) is 83.6 Å². The monoisotopic (exact) mass is 363 g/mol. The molecule has 1 nitrogen and oxygen atoms in total. The van der Waals surface area contributed by atoms with Crippen molar-refractivity contribution < 1.29 is 0 Å². The molecule has 0 aliphatic heterocycles. The topological polar surface area (TPSA) is 12.0 Å². The molecule has 0 fully saturated rings. The van der Waals surface area contributed by atoms with E-state index in [1.807, 2.05) is 11.8 Å². The van der Waals surface area contributed by atoms with Crippen molar-refractivity contribution in [2.24, 2.45) is 5.92 Å². The molecule has 112 valence electrons. The van der Waals surface area contributed by atoms with Crippen LogP contribution in [0.15, 0.2) is 57.9 Å². The Hall–Kier alpha value is -0.770. The molecule has 1 N–H and O–H groups in total. The van der Waals surface area contributed by atoms with Crippen LogP contribution in [0.25, 0.3) is 0 Å². The third-order valence-corrected chi connectivity index (χ3v) is 4.94. The van der Waals surface area contributed by atoms with Crippen LogP contribution >= 0.6 is 27.7 Å². The van der Waals surface area contributed by atoms with Gasteiger partial charge in [-0.15, -0.1) is 11.8 Å². The summed E-state index contributed by atoms with van der Waals surface area (Å²) in [4.78, 5) is 1.30. The maximum absolute atomic E-state index is 3.69. The van der Waals surface area contributed by atoms with Crippen LogP contribution in [0.5, 0.6) is 0 Å². The Morgan fingerprint density at radius 2 is 1.86 bits per heavy atom. The molecule has 0 aliphatic rings. The molecule has 0 atom stereocenters. The maximum Gasteiger partial charge on any atom is 0.0231 e. The highest BCUT2D eigenvalue weighted by atomic mass is 79.9. The minimum Gasteiger partial charge on any atom is -0.312 e. The summed E-state index contributed by atoms with van der Waals surface area (Å²) in [7, 11) is 0. The van der Waals surface area contributed by atoms with Crippen molar-refractivity contribution in [1.29, 1.82) is 0 Å². The number of nitrogens with one attached hydrogen (secondary N) is 1. The van der Waals surface area contributed by atoms with Crippen molar-refractivity contribution in [3.63, 3.8) is 0 Å². The first-order chi connectivity index (χ1) is 10.1. The van der Waals surface area contributed by atoms with Gasteiger partial charge in [0.25, 0.3) is 0 Å².